The lowest BCUT2D eigenvalue weighted by atomic mass is 10.4. The minimum absolute atomic E-state index is 0.145. The molecule has 1 saturated heterocycles. The fourth-order valence-corrected chi connectivity index (χ4v) is 1.19. The van der Waals surface area contributed by atoms with Gasteiger partial charge in [-0.3, -0.25) is 14.3 Å². The number of β-amino-alcohol motifs (C(OH)–C–C–N with tert-alkyl or cyclic N) is 1. The zero-order valence-corrected chi connectivity index (χ0v) is 7.62. The topological polar surface area (TPSA) is 80.5 Å². The van der Waals surface area contributed by atoms with Crippen molar-refractivity contribution in [2.24, 2.45) is 7.05 Å². The van der Waals surface area contributed by atoms with Crippen LogP contribution in [0.2, 0.25) is 0 Å². The van der Waals surface area contributed by atoms with Crippen molar-refractivity contribution in [1.29, 1.82) is 0 Å². The maximum Gasteiger partial charge on any atom is 0.299 e. The number of aryl methyl sites for hydroxylation is 1. The Morgan fingerprint density at radius 1 is 1.79 bits per heavy atom. The van der Waals surface area contributed by atoms with E-state index in [-0.39, 0.29) is 24.8 Å². The van der Waals surface area contributed by atoms with Gasteiger partial charge in [0.05, 0.1) is 12.7 Å². The smallest absolute Gasteiger partial charge is 0.299 e. The van der Waals surface area contributed by atoms with E-state index in [2.05, 4.69) is 10.3 Å². The summed E-state index contributed by atoms with van der Waals surface area (Å²) in [6, 6.07) is 0. The fourth-order valence-electron chi connectivity index (χ4n) is 1.19. The van der Waals surface area contributed by atoms with Crippen molar-refractivity contribution in [3.8, 4) is 0 Å². The van der Waals surface area contributed by atoms with Crippen LogP contribution in [0.4, 0.5) is 0 Å². The average Bonchev–Trinajstić information content (AvgIpc) is 2.73. The summed E-state index contributed by atoms with van der Waals surface area (Å²) in [6.45, 7) is 0.321. The Morgan fingerprint density at radius 3 is 3.07 bits per heavy atom. The van der Waals surface area contributed by atoms with Crippen molar-refractivity contribution in [1.82, 2.24) is 20.1 Å². The standard InChI is InChI=1S/C7H10N4O3/c1-10-3-6(8-9-10)7(13)11-2-5(12)4-14-11/h3,5,12H,2,4H2,1H3/t5-/m1/s1. The van der Waals surface area contributed by atoms with Crippen LogP contribution in [0.15, 0.2) is 6.20 Å². The molecule has 1 atom stereocenters. The number of hydroxylamine groups is 2. The largest absolute Gasteiger partial charge is 0.389 e. The zero-order valence-electron chi connectivity index (χ0n) is 7.62. The summed E-state index contributed by atoms with van der Waals surface area (Å²) in [7, 11) is 1.67. The second kappa shape index (κ2) is 3.35. The van der Waals surface area contributed by atoms with Crippen LogP contribution in [-0.2, 0) is 11.9 Å². The summed E-state index contributed by atoms with van der Waals surface area (Å²) in [5.41, 5.74) is 0.210. The molecule has 1 aromatic heterocycles. The minimum atomic E-state index is -0.615. The van der Waals surface area contributed by atoms with Crippen molar-refractivity contribution in [2.45, 2.75) is 6.10 Å². The first-order chi connectivity index (χ1) is 6.66. The zero-order chi connectivity index (χ0) is 10.1. The first-order valence-electron chi connectivity index (χ1n) is 4.16. The summed E-state index contributed by atoms with van der Waals surface area (Å²) < 4.78 is 1.43. The number of aliphatic hydroxyl groups excluding tert-OH is 1. The van der Waals surface area contributed by atoms with Crippen molar-refractivity contribution in [3.05, 3.63) is 11.9 Å². The molecule has 1 N–H and O–H groups in total. The third-order valence-corrected chi connectivity index (χ3v) is 1.85. The maximum absolute atomic E-state index is 11.6. The summed E-state index contributed by atoms with van der Waals surface area (Å²) >= 11 is 0. The highest BCUT2D eigenvalue weighted by molar-refractivity contribution is 5.91. The molecule has 7 nitrogen and oxygen atoms in total. The normalized spacial score (nSPS) is 21.6. The molecule has 1 aromatic rings. The van der Waals surface area contributed by atoms with E-state index in [9.17, 15) is 4.79 Å². The third-order valence-electron chi connectivity index (χ3n) is 1.85. The van der Waals surface area contributed by atoms with Gasteiger partial charge in [0.1, 0.15) is 12.7 Å². The first kappa shape index (κ1) is 9.10. The van der Waals surface area contributed by atoms with Crippen LogP contribution in [-0.4, -0.2) is 50.3 Å². The summed E-state index contributed by atoms with van der Waals surface area (Å²) in [5, 5.41) is 17.5. The van der Waals surface area contributed by atoms with Gasteiger partial charge in [0.2, 0.25) is 0 Å². The molecule has 2 heterocycles. The predicted octanol–water partition coefficient (Wildman–Crippen LogP) is -1.44. The van der Waals surface area contributed by atoms with Gasteiger partial charge in [0.25, 0.3) is 5.91 Å². The van der Waals surface area contributed by atoms with Crippen LogP contribution in [0.3, 0.4) is 0 Å². The fraction of sp³-hybridized carbons (Fsp3) is 0.571. The first-order valence-corrected chi connectivity index (χ1v) is 4.16. The molecule has 14 heavy (non-hydrogen) atoms. The molecule has 0 aromatic carbocycles. The lowest BCUT2D eigenvalue weighted by Crippen LogP contribution is -2.28. The number of carbonyl (C=O) groups excluding carboxylic acids is 1. The molecule has 0 bridgehead atoms. The van der Waals surface area contributed by atoms with E-state index in [1.54, 1.807) is 7.05 Å². The third kappa shape index (κ3) is 1.59. The number of aliphatic hydroxyl groups is 1. The maximum atomic E-state index is 11.6. The SMILES string of the molecule is Cn1cc(C(=O)N2C[C@@H](O)CO2)nn1. The summed E-state index contributed by atoms with van der Waals surface area (Å²) in [5.74, 6) is -0.380. The molecule has 0 aliphatic carbocycles. The van der Waals surface area contributed by atoms with E-state index in [0.717, 1.165) is 5.06 Å². The van der Waals surface area contributed by atoms with E-state index < -0.39 is 6.10 Å². The Labute approximate surface area is 79.8 Å². The molecule has 2 rings (SSSR count). The molecule has 0 unspecified atom stereocenters. The lowest BCUT2D eigenvalue weighted by molar-refractivity contribution is -0.0783. The molecule has 7 heteroatoms. The molecule has 1 amide bonds. The quantitative estimate of drug-likeness (QED) is 0.598. The Bertz CT molecular complexity index is 350. The highest BCUT2D eigenvalue weighted by Crippen LogP contribution is 2.09. The summed E-state index contributed by atoms with van der Waals surface area (Å²) in [6.07, 6.45) is 0.881. The molecule has 1 fully saturated rings. The van der Waals surface area contributed by atoms with E-state index >= 15 is 0 Å². The van der Waals surface area contributed by atoms with Crippen molar-refractivity contribution in [3.63, 3.8) is 0 Å². The second-order valence-electron chi connectivity index (χ2n) is 3.09. The molecule has 1 aliphatic rings. The number of hydrogen-bond acceptors (Lipinski definition) is 5. The van der Waals surface area contributed by atoms with Gasteiger partial charge in [-0.2, -0.15) is 0 Å². The Hall–Kier alpha value is -1.47. The van der Waals surface area contributed by atoms with Gasteiger partial charge in [-0.05, 0) is 0 Å². The average molecular weight is 198 g/mol. The van der Waals surface area contributed by atoms with Crippen molar-refractivity contribution < 1.29 is 14.7 Å². The number of hydrogen-bond donors (Lipinski definition) is 1. The molecule has 0 radical (unpaired) electrons. The number of nitrogens with zero attached hydrogens (tertiary/aromatic N) is 4. The van der Waals surface area contributed by atoms with E-state index in [0.29, 0.717) is 0 Å². The van der Waals surface area contributed by atoms with Crippen LogP contribution in [0.25, 0.3) is 0 Å². The van der Waals surface area contributed by atoms with Gasteiger partial charge in [-0.25, -0.2) is 5.06 Å². The highest BCUT2D eigenvalue weighted by atomic mass is 16.7. The number of carbonyl (C=O) groups is 1. The highest BCUT2D eigenvalue weighted by Gasteiger charge is 2.28. The van der Waals surface area contributed by atoms with Crippen LogP contribution < -0.4 is 0 Å². The molecule has 1 aliphatic heterocycles. The monoisotopic (exact) mass is 198 g/mol. The molecule has 76 valence electrons. The van der Waals surface area contributed by atoms with Crippen molar-refractivity contribution >= 4 is 5.91 Å². The van der Waals surface area contributed by atoms with E-state index in [4.69, 9.17) is 9.94 Å². The Kier molecular flexibility index (Phi) is 2.18. The predicted molar refractivity (Wildman–Crippen MR) is 44.0 cm³/mol. The van der Waals surface area contributed by atoms with Gasteiger partial charge >= 0.3 is 0 Å². The molecular weight excluding hydrogens is 188 g/mol. The minimum Gasteiger partial charge on any atom is -0.389 e. The molecule has 0 spiro atoms. The van der Waals surface area contributed by atoms with Crippen LogP contribution in [0, 0.1) is 0 Å². The van der Waals surface area contributed by atoms with Crippen LogP contribution in [0.1, 0.15) is 10.5 Å². The molecule has 0 saturated carbocycles. The number of rotatable bonds is 1. The lowest BCUT2D eigenvalue weighted by Gasteiger charge is -2.10. The Balaban J connectivity index is 2.09. The van der Waals surface area contributed by atoms with Gasteiger partial charge in [-0.1, -0.05) is 5.21 Å². The summed E-state index contributed by atoms with van der Waals surface area (Å²) in [4.78, 5) is 16.5. The molecular formula is C7H10N4O3. The van der Waals surface area contributed by atoms with Gasteiger partial charge < -0.3 is 5.11 Å². The van der Waals surface area contributed by atoms with E-state index in [1.165, 1.54) is 10.9 Å². The number of aromatic nitrogens is 3. The van der Waals surface area contributed by atoms with Gasteiger partial charge in [0, 0.05) is 7.05 Å². The van der Waals surface area contributed by atoms with Crippen LogP contribution >= 0.6 is 0 Å². The van der Waals surface area contributed by atoms with Crippen molar-refractivity contribution in [2.75, 3.05) is 13.2 Å². The second-order valence-corrected chi connectivity index (χ2v) is 3.09. The van der Waals surface area contributed by atoms with Gasteiger partial charge in [0.15, 0.2) is 5.69 Å². The van der Waals surface area contributed by atoms with Crippen LogP contribution in [0.5, 0.6) is 0 Å². The van der Waals surface area contributed by atoms with E-state index in [1.807, 2.05) is 0 Å². The Morgan fingerprint density at radius 2 is 2.57 bits per heavy atom. The van der Waals surface area contributed by atoms with Gasteiger partial charge in [-0.15, -0.1) is 5.10 Å². The number of amides is 1.